The molecule has 1 aliphatic heterocycles. The molecule has 0 saturated carbocycles. The fourth-order valence-electron chi connectivity index (χ4n) is 2.90. The quantitative estimate of drug-likeness (QED) is 0.643. The highest BCUT2D eigenvalue weighted by Crippen LogP contribution is 2.28. The van der Waals surface area contributed by atoms with Gasteiger partial charge in [0.15, 0.2) is 0 Å². The Kier molecular flexibility index (Phi) is 5.14. The predicted molar refractivity (Wildman–Crippen MR) is 82.3 cm³/mol. The third-order valence-corrected chi connectivity index (χ3v) is 4.28. The molecule has 2 N–H and O–H groups in total. The van der Waals surface area contributed by atoms with E-state index < -0.39 is 0 Å². The van der Waals surface area contributed by atoms with E-state index in [1.165, 1.54) is 0 Å². The molecule has 6 nitrogen and oxygen atoms in total. The average molecular weight is 293 g/mol. The Hall–Kier alpha value is -1.66. The number of aliphatic hydroxyl groups is 1. The SMILES string of the molecule is CNc1ccc(CN2CC(CO)CCC2C)cc1[N+](=O)[O-]. The highest BCUT2D eigenvalue weighted by Gasteiger charge is 2.25. The Balaban J connectivity index is 2.15. The molecule has 116 valence electrons. The highest BCUT2D eigenvalue weighted by atomic mass is 16.6. The van der Waals surface area contributed by atoms with Gasteiger partial charge in [0.1, 0.15) is 5.69 Å². The van der Waals surface area contributed by atoms with Crippen molar-refractivity contribution < 1.29 is 10.0 Å². The number of likely N-dealkylation sites (tertiary alicyclic amines) is 1. The Bertz CT molecular complexity index is 507. The van der Waals surface area contributed by atoms with Crippen molar-refractivity contribution in [2.75, 3.05) is 25.5 Å². The molecule has 1 heterocycles. The Morgan fingerprint density at radius 2 is 2.24 bits per heavy atom. The van der Waals surface area contributed by atoms with E-state index in [1.54, 1.807) is 19.2 Å². The number of anilines is 1. The summed E-state index contributed by atoms with van der Waals surface area (Å²) in [6.07, 6.45) is 2.11. The van der Waals surface area contributed by atoms with E-state index in [-0.39, 0.29) is 17.2 Å². The van der Waals surface area contributed by atoms with Crippen LogP contribution >= 0.6 is 0 Å². The largest absolute Gasteiger partial charge is 0.396 e. The van der Waals surface area contributed by atoms with Crippen LogP contribution in [0.15, 0.2) is 18.2 Å². The molecule has 1 saturated heterocycles. The summed E-state index contributed by atoms with van der Waals surface area (Å²) >= 11 is 0. The minimum Gasteiger partial charge on any atom is -0.396 e. The van der Waals surface area contributed by atoms with Gasteiger partial charge in [0.2, 0.25) is 0 Å². The van der Waals surface area contributed by atoms with Gasteiger partial charge in [-0.15, -0.1) is 0 Å². The van der Waals surface area contributed by atoms with E-state index in [9.17, 15) is 15.2 Å². The van der Waals surface area contributed by atoms with E-state index >= 15 is 0 Å². The fraction of sp³-hybridized carbons (Fsp3) is 0.600. The number of nitro benzene ring substituents is 1. The summed E-state index contributed by atoms with van der Waals surface area (Å²) in [5.74, 6) is 0.313. The van der Waals surface area contributed by atoms with Crippen molar-refractivity contribution in [3.05, 3.63) is 33.9 Å². The van der Waals surface area contributed by atoms with Crippen molar-refractivity contribution in [3.8, 4) is 0 Å². The predicted octanol–water partition coefficient (Wildman–Crippen LogP) is 2.23. The van der Waals surface area contributed by atoms with Crippen LogP contribution in [-0.4, -0.2) is 41.2 Å². The lowest BCUT2D eigenvalue weighted by molar-refractivity contribution is -0.384. The zero-order valence-electron chi connectivity index (χ0n) is 12.6. The Morgan fingerprint density at radius 3 is 2.86 bits per heavy atom. The fourth-order valence-corrected chi connectivity index (χ4v) is 2.90. The molecular formula is C15H23N3O3. The van der Waals surface area contributed by atoms with Crippen molar-refractivity contribution in [2.45, 2.75) is 32.4 Å². The normalized spacial score (nSPS) is 23.0. The molecule has 0 radical (unpaired) electrons. The van der Waals surface area contributed by atoms with Crippen LogP contribution in [0.3, 0.4) is 0 Å². The van der Waals surface area contributed by atoms with Gasteiger partial charge in [-0.3, -0.25) is 15.0 Å². The molecule has 0 aliphatic carbocycles. The van der Waals surface area contributed by atoms with Gasteiger partial charge in [-0.1, -0.05) is 6.07 Å². The summed E-state index contributed by atoms with van der Waals surface area (Å²) in [6.45, 7) is 3.91. The van der Waals surface area contributed by atoms with E-state index in [4.69, 9.17) is 0 Å². The van der Waals surface area contributed by atoms with Gasteiger partial charge in [0.05, 0.1) is 4.92 Å². The summed E-state index contributed by atoms with van der Waals surface area (Å²) in [6, 6.07) is 5.76. The summed E-state index contributed by atoms with van der Waals surface area (Å²) in [5.41, 5.74) is 1.58. The molecule has 1 aromatic rings. The smallest absolute Gasteiger partial charge is 0.292 e. The van der Waals surface area contributed by atoms with E-state index in [2.05, 4.69) is 17.1 Å². The van der Waals surface area contributed by atoms with Crippen LogP contribution in [-0.2, 0) is 6.54 Å². The first-order valence-corrected chi connectivity index (χ1v) is 7.35. The number of rotatable bonds is 5. The van der Waals surface area contributed by atoms with Crippen molar-refractivity contribution in [1.82, 2.24) is 4.90 Å². The van der Waals surface area contributed by atoms with E-state index in [0.29, 0.717) is 24.2 Å². The maximum absolute atomic E-state index is 11.1. The second-order valence-corrected chi connectivity index (χ2v) is 5.76. The number of hydrogen-bond acceptors (Lipinski definition) is 5. The molecule has 0 spiro atoms. The van der Waals surface area contributed by atoms with E-state index in [1.807, 2.05) is 6.07 Å². The summed E-state index contributed by atoms with van der Waals surface area (Å²) in [4.78, 5) is 13.0. The number of piperidine rings is 1. The molecule has 1 fully saturated rings. The van der Waals surface area contributed by atoms with Gasteiger partial charge < -0.3 is 10.4 Å². The zero-order valence-corrected chi connectivity index (χ0v) is 12.6. The first-order valence-electron chi connectivity index (χ1n) is 7.35. The van der Waals surface area contributed by atoms with Gasteiger partial charge in [0.25, 0.3) is 5.69 Å². The second kappa shape index (κ2) is 6.87. The van der Waals surface area contributed by atoms with Crippen LogP contribution in [0.1, 0.15) is 25.3 Å². The van der Waals surface area contributed by atoms with Gasteiger partial charge >= 0.3 is 0 Å². The average Bonchev–Trinajstić information content (AvgIpc) is 2.49. The monoisotopic (exact) mass is 293 g/mol. The first-order chi connectivity index (χ1) is 10.0. The van der Waals surface area contributed by atoms with Crippen molar-refractivity contribution >= 4 is 11.4 Å². The third-order valence-electron chi connectivity index (χ3n) is 4.28. The summed E-state index contributed by atoms with van der Waals surface area (Å²) in [7, 11) is 1.68. The zero-order chi connectivity index (χ0) is 15.4. The Labute approximate surface area is 124 Å². The number of nitrogens with one attached hydrogen (secondary N) is 1. The maximum atomic E-state index is 11.1. The second-order valence-electron chi connectivity index (χ2n) is 5.76. The lowest BCUT2D eigenvalue weighted by atomic mass is 9.93. The van der Waals surface area contributed by atoms with Gasteiger partial charge in [0, 0.05) is 38.9 Å². The molecule has 1 aliphatic rings. The molecule has 21 heavy (non-hydrogen) atoms. The number of hydrogen-bond donors (Lipinski definition) is 2. The molecule has 0 aromatic heterocycles. The Morgan fingerprint density at radius 1 is 1.48 bits per heavy atom. The molecule has 1 aromatic carbocycles. The van der Waals surface area contributed by atoms with Crippen LogP contribution in [0.25, 0.3) is 0 Å². The third kappa shape index (κ3) is 3.71. The number of nitrogens with zero attached hydrogens (tertiary/aromatic N) is 2. The molecule has 6 heteroatoms. The first kappa shape index (κ1) is 15.7. The van der Waals surface area contributed by atoms with Crippen molar-refractivity contribution in [1.29, 1.82) is 0 Å². The molecule has 2 atom stereocenters. The van der Waals surface area contributed by atoms with Crippen LogP contribution in [0.4, 0.5) is 11.4 Å². The lowest BCUT2D eigenvalue weighted by Crippen LogP contribution is -2.42. The van der Waals surface area contributed by atoms with E-state index in [0.717, 1.165) is 24.9 Å². The summed E-state index contributed by atoms with van der Waals surface area (Å²) < 4.78 is 0. The van der Waals surface area contributed by atoms with Crippen LogP contribution in [0, 0.1) is 16.0 Å². The van der Waals surface area contributed by atoms with Crippen molar-refractivity contribution in [3.63, 3.8) is 0 Å². The van der Waals surface area contributed by atoms with Crippen molar-refractivity contribution in [2.24, 2.45) is 5.92 Å². The van der Waals surface area contributed by atoms with Crippen LogP contribution in [0.2, 0.25) is 0 Å². The van der Waals surface area contributed by atoms with Gasteiger partial charge in [-0.05, 0) is 37.3 Å². The minimum atomic E-state index is -0.356. The van der Waals surface area contributed by atoms with Gasteiger partial charge in [-0.25, -0.2) is 0 Å². The standard InChI is InChI=1S/C15H23N3O3/c1-11-3-4-13(10-19)9-17(11)8-12-5-6-14(16-2)15(7-12)18(20)21/h5-7,11,13,16,19H,3-4,8-10H2,1-2H3. The summed E-state index contributed by atoms with van der Waals surface area (Å²) in [5, 5.41) is 23.3. The van der Waals surface area contributed by atoms with Gasteiger partial charge in [-0.2, -0.15) is 0 Å². The topological polar surface area (TPSA) is 78.6 Å². The minimum absolute atomic E-state index is 0.110. The molecule has 2 unspecified atom stereocenters. The number of aliphatic hydroxyl groups excluding tert-OH is 1. The molecule has 2 rings (SSSR count). The number of benzene rings is 1. The number of nitro groups is 1. The van der Waals surface area contributed by atoms with Crippen LogP contribution in [0.5, 0.6) is 0 Å². The lowest BCUT2D eigenvalue weighted by Gasteiger charge is -2.37. The molecule has 0 amide bonds. The molecular weight excluding hydrogens is 270 g/mol. The highest BCUT2D eigenvalue weighted by molar-refractivity contribution is 5.62. The maximum Gasteiger partial charge on any atom is 0.292 e. The molecule has 0 bridgehead atoms. The van der Waals surface area contributed by atoms with Crippen LogP contribution < -0.4 is 5.32 Å².